The molecule has 9 aromatic carbocycles. The molecular formula is C54H33NS. The second kappa shape index (κ2) is 12.3. The van der Waals surface area contributed by atoms with Gasteiger partial charge in [0.25, 0.3) is 0 Å². The molecule has 11 aromatic rings. The zero-order chi connectivity index (χ0) is 36.7. The van der Waals surface area contributed by atoms with Gasteiger partial charge in [-0.15, -0.1) is 11.3 Å². The monoisotopic (exact) mass is 727 g/mol. The summed E-state index contributed by atoms with van der Waals surface area (Å²) < 4.78 is 5.10. The molecule has 0 saturated heterocycles. The molecule has 0 fully saturated rings. The van der Waals surface area contributed by atoms with Crippen molar-refractivity contribution in [1.29, 1.82) is 0 Å². The van der Waals surface area contributed by atoms with Crippen LogP contribution in [-0.2, 0) is 0 Å². The van der Waals surface area contributed by atoms with E-state index in [1.807, 2.05) is 11.3 Å². The van der Waals surface area contributed by atoms with Crippen LogP contribution in [0, 0.1) is 0 Å². The first-order chi connectivity index (χ1) is 27.8. The molecule has 0 saturated carbocycles. The van der Waals surface area contributed by atoms with E-state index in [2.05, 4.69) is 205 Å². The van der Waals surface area contributed by atoms with Gasteiger partial charge in [-0.25, -0.2) is 0 Å². The summed E-state index contributed by atoms with van der Waals surface area (Å²) >= 11 is 1.87. The Balaban J connectivity index is 1.19. The summed E-state index contributed by atoms with van der Waals surface area (Å²) in [6.07, 6.45) is 0. The standard InChI is InChI=1S/C54H33NS/c1-2-15-40-39(14-1)41-16-3-4-17-43(41)48-24-13-23-38(54(48)47-22-6-5-18-42(40)47)36-30-35(34-28-29-53-49(33-34)46-21-9-12-27-52(46)56-53)31-37(32-36)55-50-25-10-7-19-44(50)45-20-8-11-26-51(45)55/h1-33H. The highest BCUT2D eigenvalue weighted by Crippen LogP contribution is 2.51. The van der Waals surface area contributed by atoms with Crippen LogP contribution >= 0.6 is 11.3 Å². The van der Waals surface area contributed by atoms with Crippen molar-refractivity contribution in [3.63, 3.8) is 0 Å². The summed E-state index contributed by atoms with van der Waals surface area (Å²) in [7, 11) is 0. The van der Waals surface area contributed by atoms with E-state index in [4.69, 9.17) is 0 Å². The predicted octanol–water partition coefficient (Wildman–Crippen LogP) is 15.5. The molecule has 0 N–H and O–H groups in total. The molecule has 0 unspecified atom stereocenters. The van der Waals surface area contributed by atoms with Gasteiger partial charge >= 0.3 is 0 Å². The molecule has 56 heavy (non-hydrogen) atoms. The van der Waals surface area contributed by atoms with Crippen LogP contribution in [0.1, 0.15) is 0 Å². The van der Waals surface area contributed by atoms with Crippen LogP contribution in [0.25, 0.3) is 114 Å². The van der Waals surface area contributed by atoms with Gasteiger partial charge in [0.05, 0.1) is 11.0 Å². The van der Waals surface area contributed by atoms with E-state index in [-0.39, 0.29) is 0 Å². The van der Waals surface area contributed by atoms with Crippen LogP contribution in [-0.4, -0.2) is 4.57 Å². The Labute approximate surface area is 329 Å². The predicted molar refractivity (Wildman–Crippen MR) is 240 cm³/mol. The summed E-state index contributed by atoms with van der Waals surface area (Å²) in [6.45, 7) is 0. The molecular weight excluding hydrogens is 695 g/mol. The molecule has 2 aromatic heterocycles. The summed E-state index contributed by atoms with van der Waals surface area (Å²) in [5.41, 5.74) is 18.4. The minimum atomic E-state index is 1.15. The second-order valence-corrected chi connectivity index (χ2v) is 15.9. The maximum atomic E-state index is 2.46. The Morgan fingerprint density at radius 2 is 0.768 bits per heavy atom. The molecule has 0 radical (unpaired) electrons. The second-order valence-electron chi connectivity index (χ2n) is 14.8. The van der Waals surface area contributed by atoms with Gasteiger partial charge in [-0.2, -0.15) is 0 Å². The number of fused-ring (bicyclic) bond motifs is 14. The van der Waals surface area contributed by atoms with Crippen LogP contribution in [0.5, 0.6) is 0 Å². The van der Waals surface area contributed by atoms with Gasteiger partial charge in [0.15, 0.2) is 0 Å². The minimum absolute atomic E-state index is 1.15. The molecule has 2 heteroatoms. The summed E-state index contributed by atoms with van der Waals surface area (Å²) in [4.78, 5) is 0. The van der Waals surface area contributed by atoms with Gasteiger partial charge in [-0.05, 0) is 115 Å². The van der Waals surface area contributed by atoms with E-state index < -0.39 is 0 Å². The highest BCUT2D eigenvalue weighted by atomic mass is 32.1. The van der Waals surface area contributed by atoms with Gasteiger partial charge in [-0.3, -0.25) is 0 Å². The molecule has 0 atom stereocenters. The zero-order valence-corrected chi connectivity index (χ0v) is 31.2. The Kier molecular flexibility index (Phi) is 6.87. The molecule has 12 rings (SSSR count). The lowest BCUT2D eigenvalue weighted by Gasteiger charge is -2.25. The fraction of sp³-hybridized carbons (Fsp3) is 0. The highest BCUT2D eigenvalue weighted by Gasteiger charge is 2.25. The minimum Gasteiger partial charge on any atom is -0.309 e. The quantitative estimate of drug-likeness (QED) is 0.171. The highest BCUT2D eigenvalue weighted by molar-refractivity contribution is 7.25. The number of aromatic nitrogens is 1. The number of hydrogen-bond acceptors (Lipinski definition) is 1. The topological polar surface area (TPSA) is 4.93 Å². The lowest BCUT2D eigenvalue weighted by Crippen LogP contribution is -2.00. The molecule has 0 spiro atoms. The maximum absolute atomic E-state index is 2.46. The average Bonchev–Trinajstić information content (AvgIpc) is 3.81. The number of hydrogen-bond donors (Lipinski definition) is 0. The number of para-hydroxylation sites is 2. The average molecular weight is 728 g/mol. The summed E-state index contributed by atoms with van der Waals surface area (Å²) in [5.74, 6) is 0. The van der Waals surface area contributed by atoms with E-state index in [0.29, 0.717) is 0 Å². The molecule has 2 heterocycles. The van der Waals surface area contributed by atoms with Gasteiger partial charge in [0.2, 0.25) is 0 Å². The largest absolute Gasteiger partial charge is 0.309 e. The van der Waals surface area contributed by atoms with Crippen molar-refractivity contribution in [2.45, 2.75) is 0 Å². The molecule has 1 aliphatic carbocycles. The first-order valence-corrected chi connectivity index (χ1v) is 20.1. The number of rotatable bonds is 3. The maximum Gasteiger partial charge on any atom is 0.0541 e. The van der Waals surface area contributed by atoms with Crippen molar-refractivity contribution in [1.82, 2.24) is 4.57 Å². The normalized spacial score (nSPS) is 11.9. The fourth-order valence-electron chi connectivity index (χ4n) is 9.32. The number of benzene rings is 9. The molecule has 0 aliphatic heterocycles. The summed E-state index contributed by atoms with van der Waals surface area (Å²) in [5, 5.41) is 5.14. The van der Waals surface area contributed by atoms with Gasteiger partial charge in [-0.1, -0.05) is 152 Å². The summed E-state index contributed by atoms with van der Waals surface area (Å²) in [6, 6.07) is 74.3. The molecule has 1 nitrogen and oxygen atoms in total. The fourth-order valence-corrected chi connectivity index (χ4v) is 10.4. The SMILES string of the molecule is c1ccc2c(c1)-c1ccccc1-c1cccc(-c3cc(-c4ccc5sc6ccccc6c5c4)cc(-n4c5ccccc5c5ccccc54)c3)c1-c1ccccc1-2. The lowest BCUT2D eigenvalue weighted by atomic mass is 9.78. The van der Waals surface area contributed by atoms with E-state index in [9.17, 15) is 0 Å². The Bertz CT molecular complexity index is 3320. The number of nitrogens with zero attached hydrogens (tertiary/aromatic N) is 1. The van der Waals surface area contributed by atoms with Crippen molar-refractivity contribution in [3.8, 4) is 72.4 Å². The van der Waals surface area contributed by atoms with E-state index in [1.165, 1.54) is 109 Å². The Hall–Kier alpha value is -7.00. The zero-order valence-electron chi connectivity index (χ0n) is 30.4. The Morgan fingerprint density at radius 1 is 0.286 bits per heavy atom. The van der Waals surface area contributed by atoms with Crippen LogP contribution in [0.3, 0.4) is 0 Å². The van der Waals surface area contributed by atoms with Gasteiger partial charge in [0.1, 0.15) is 0 Å². The van der Waals surface area contributed by atoms with Crippen molar-refractivity contribution in [2.24, 2.45) is 0 Å². The first-order valence-electron chi connectivity index (χ1n) is 19.3. The van der Waals surface area contributed by atoms with E-state index >= 15 is 0 Å². The van der Waals surface area contributed by atoms with Crippen LogP contribution < -0.4 is 0 Å². The third kappa shape index (κ3) is 4.67. The van der Waals surface area contributed by atoms with E-state index in [1.54, 1.807) is 0 Å². The third-order valence-electron chi connectivity index (χ3n) is 11.8. The van der Waals surface area contributed by atoms with Crippen molar-refractivity contribution in [2.75, 3.05) is 0 Å². The molecule has 0 amide bonds. The smallest absolute Gasteiger partial charge is 0.0541 e. The van der Waals surface area contributed by atoms with Crippen LogP contribution in [0.15, 0.2) is 200 Å². The van der Waals surface area contributed by atoms with Crippen molar-refractivity contribution < 1.29 is 0 Å². The van der Waals surface area contributed by atoms with Gasteiger partial charge in [0, 0.05) is 36.6 Å². The first kappa shape index (κ1) is 31.4. The Morgan fingerprint density at radius 3 is 1.45 bits per heavy atom. The van der Waals surface area contributed by atoms with Crippen molar-refractivity contribution >= 4 is 53.3 Å². The van der Waals surface area contributed by atoms with Crippen LogP contribution in [0.2, 0.25) is 0 Å². The molecule has 0 bridgehead atoms. The molecule has 1 aliphatic rings. The van der Waals surface area contributed by atoms with Crippen molar-refractivity contribution in [3.05, 3.63) is 200 Å². The number of thiophene rings is 1. The molecule has 260 valence electrons. The third-order valence-corrected chi connectivity index (χ3v) is 12.9. The lowest BCUT2D eigenvalue weighted by molar-refractivity contribution is 1.18. The van der Waals surface area contributed by atoms with Crippen LogP contribution in [0.4, 0.5) is 0 Å². The van der Waals surface area contributed by atoms with E-state index in [0.717, 1.165) is 5.69 Å². The van der Waals surface area contributed by atoms with Gasteiger partial charge < -0.3 is 4.57 Å².